The van der Waals surface area contributed by atoms with Crippen LogP contribution in [0.4, 0.5) is 0 Å². The maximum absolute atomic E-state index is 5.45. The van der Waals surface area contributed by atoms with Crippen molar-refractivity contribution in [1.82, 2.24) is 4.90 Å². The highest BCUT2D eigenvalue weighted by Crippen LogP contribution is 2.28. The largest absolute Gasteiger partial charge is 0.496 e. The third-order valence-electron chi connectivity index (χ3n) is 3.85. The van der Waals surface area contributed by atoms with Gasteiger partial charge in [0.1, 0.15) is 5.75 Å². The molecule has 2 N–H and O–H groups in total. The Hall–Kier alpha value is -1.50. The summed E-state index contributed by atoms with van der Waals surface area (Å²) in [6.07, 6.45) is 4.15. The van der Waals surface area contributed by atoms with Crippen molar-refractivity contribution < 1.29 is 4.74 Å². The third kappa shape index (κ3) is 4.00. The van der Waals surface area contributed by atoms with E-state index in [0.29, 0.717) is 6.54 Å². The molecular formula is C17H24N2O. The molecule has 0 radical (unpaired) electrons. The Labute approximate surface area is 122 Å². The van der Waals surface area contributed by atoms with Gasteiger partial charge in [0, 0.05) is 24.2 Å². The highest BCUT2D eigenvalue weighted by Gasteiger charge is 2.19. The zero-order valence-corrected chi connectivity index (χ0v) is 12.5. The monoisotopic (exact) mass is 272 g/mol. The number of nitrogens with zero attached hydrogens (tertiary/aromatic N) is 1. The van der Waals surface area contributed by atoms with Crippen molar-refractivity contribution in [3.05, 3.63) is 29.3 Å². The first-order chi connectivity index (χ1) is 9.72. The molecule has 2 rings (SSSR count). The first-order valence-electron chi connectivity index (χ1n) is 7.27. The lowest BCUT2D eigenvalue weighted by Gasteiger charge is -2.30. The minimum atomic E-state index is 0.392. The summed E-state index contributed by atoms with van der Waals surface area (Å²) in [6, 6.07) is 6.09. The Morgan fingerprint density at radius 1 is 1.40 bits per heavy atom. The van der Waals surface area contributed by atoms with Crippen LogP contribution in [-0.2, 0) is 6.54 Å². The second kappa shape index (κ2) is 7.33. The van der Waals surface area contributed by atoms with Crippen LogP contribution in [0.3, 0.4) is 0 Å². The fraction of sp³-hybridized carbons (Fsp3) is 0.529. The molecule has 0 aliphatic heterocycles. The molecule has 0 spiro atoms. The summed E-state index contributed by atoms with van der Waals surface area (Å²) in [6.45, 7) is 2.46. The van der Waals surface area contributed by atoms with Crippen molar-refractivity contribution in [3.63, 3.8) is 0 Å². The maximum Gasteiger partial charge on any atom is 0.123 e. The van der Waals surface area contributed by atoms with Gasteiger partial charge in [-0.2, -0.15) is 0 Å². The molecule has 0 aromatic heterocycles. The van der Waals surface area contributed by atoms with Crippen LogP contribution in [0.15, 0.2) is 18.2 Å². The lowest BCUT2D eigenvalue weighted by atomic mass is 9.85. The highest BCUT2D eigenvalue weighted by atomic mass is 16.5. The Morgan fingerprint density at radius 3 is 2.80 bits per heavy atom. The summed E-state index contributed by atoms with van der Waals surface area (Å²) in [5, 5.41) is 0. The van der Waals surface area contributed by atoms with Gasteiger partial charge in [0.25, 0.3) is 0 Å². The number of ether oxygens (including phenoxy) is 1. The molecule has 1 saturated carbocycles. The molecule has 1 aliphatic carbocycles. The molecule has 1 aromatic rings. The van der Waals surface area contributed by atoms with Crippen molar-refractivity contribution in [3.8, 4) is 17.6 Å². The Kier molecular flexibility index (Phi) is 5.46. The fourth-order valence-corrected chi connectivity index (χ4v) is 2.60. The van der Waals surface area contributed by atoms with E-state index in [9.17, 15) is 0 Å². The third-order valence-corrected chi connectivity index (χ3v) is 3.85. The van der Waals surface area contributed by atoms with Crippen LogP contribution >= 0.6 is 0 Å². The van der Waals surface area contributed by atoms with E-state index in [1.54, 1.807) is 7.11 Å². The molecule has 1 aromatic carbocycles. The molecule has 3 nitrogen and oxygen atoms in total. The van der Waals surface area contributed by atoms with E-state index in [1.165, 1.54) is 31.4 Å². The van der Waals surface area contributed by atoms with Crippen LogP contribution in [0.25, 0.3) is 0 Å². The molecule has 0 bridgehead atoms. The Balaban J connectivity index is 2.06. The first-order valence-corrected chi connectivity index (χ1v) is 7.27. The van der Waals surface area contributed by atoms with E-state index >= 15 is 0 Å². The number of nitrogens with two attached hydrogens (primary N) is 1. The number of benzene rings is 1. The molecule has 1 aliphatic rings. The van der Waals surface area contributed by atoms with Crippen LogP contribution in [-0.4, -0.2) is 32.1 Å². The molecule has 1 fully saturated rings. The van der Waals surface area contributed by atoms with E-state index in [2.05, 4.69) is 29.9 Å². The van der Waals surface area contributed by atoms with E-state index < -0.39 is 0 Å². The smallest absolute Gasteiger partial charge is 0.123 e. The van der Waals surface area contributed by atoms with E-state index in [-0.39, 0.29) is 0 Å². The second-order valence-electron chi connectivity index (χ2n) is 5.53. The molecule has 0 heterocycles. The van der Waals surface area contributed by atoms with Gasteiger partial charge in [0.15, 0.2) is 0 Å². The van der Waals surface area contributed by atoms with Crippen LogP contribution in [0.2, 0.25) is 0 Å². The fourth-order valence-electron chi connectivity index (χ4n) is 2.60. The second-order valence-corrected chi connectivity index (χ2v) is 5.53. The van der Waals surface area contributed by atoms with Gasteiger partial charge in [-0.1, -0.05) is 18.3 Å². The maximum atomic E-state index is 5.45. The van der Waals surface area contributed by atoms with E-state index in [1.807, 2.05) is 12.1 Å². The lowest BCUT2D eigenvalue weighted by Crippen LogP contribution is -2.29. The summed E-state index contributed by atoms with van der Waals surface area (Å²) in [5.41, 5.74) is 7.62. The van der Waals surface area contributed by atoms with Gasteiger partial charge >= 0.3 is 0 Å². The van der Waals surface area contributed by atoms with Crippen LogP contribution < -0.4 is 10.5 Å². The minimum Gasteiger partial charge on any atom is -0.496 e. The molecule has 0 unspecified atom stereocenters. The van der Waals surface area contributed by atoms with Crippen molar-refractivity contribution in [2.75, 3.05) is 27.2 Å². The molecule has 108 valence electrons. The SMILES string of the molecule is COc1ccc(C#CCN)cc1CN(C)CC1CCC1. The lowest BCUT2D eigenvalue weighted by molar-refractivity contribution is 0.199. The van der Waals surface area contributed by atoms with Gasteiger partial charge in [0.2, 0.25) is 0 Å². The normalized spacial score (nSPS) is 14.6. The van der Waals surface area contributed by atoms with Gasteiger partial charge in [-0.05, 0) is 44.0 Å². The Bertz CT molecular complexity index is 497. The average molecular weight is 272 g/mol. The van der Waals surface area contributed by atoms with Crippen molar-refractivity contribution in [2.45, 2.75) is 25.8 Å². The molecule has 3 heteroatoms. The van der Waals surface area contributed by atoms with Crippen molar-refractivity contribution in [2.24, 2.45) is 11.7 Å². The van der Waals surface area contributed by atoms with Gasteiger partial charge < -0.3 is 15.4 Å². The molecule has 0 amide bonds. The molecule has 0 saturated heterocycles. The quantitative estimate of drug-likeness (QED) is 0.835. The number of hydrogen-bond donors (Lipinski definition) is 1. The van der Waals surface area contributed by atoms with Gasteiger partial charge in [0.05, 0.1) is 13.7 Å². The minimum absolute atomic E-state index is 0.392. The number of rotatable bonds is 5. The van der Waals surface area contributed by atoms with E-state index in [4.69, 9.17) is 10.5 Å². The number of hydrogen-bond acceptors (Lipinski definition) is 3. The summed E-state index contributed by atoms with van der Waals surface area (Å²) < 4.78 is 5.45. The summed E-state index contributed by atoms with van der Waals surface area (Å²) in [4.78, 5) is 2.38. The standard InChI is InChI=1S/C17H24N2O/c1-19(12-15-5-3-6-15)13-16-11-14(7-4-10-18)8-9-17(16)20-2/h8-9,11,15H,3,5-6,10,12-13,18H2,1-2H3. The summed E-state index contributed by atoms with van der Waals surface area (Å²) in [7, 11) is 3.89. The molecule has 20 heavy (non-hydrogen) atoms. The van der Waals surface area contributed by atoms with Crippen molar-refractivity contribution in [1.29, 1.82) is 0 Å². The van der Waals surface area contributed by atoms with E-state index in [0.717, 1.165) is 23.8 Å². The predicted octanol–water partition coefficient (Wildman–Crippen LogP) is 2.24. The first kappa shape index (κ1) is 14.9. The van der Waals surface area contributed by atoms with Gasteiger partial charge in [-0.15, -0.1) is 0 Å². The van der Waals surface area contributed by atoms with Crippen LogP contribution in [0.1, 0.15) is 30.4 Å². The highest BCUT2D eigenvalue weighted by molar-refractivity contribution is 5.44. The number of methoxy groups -OCH3 is 1. The molecular weight excluding hydrogens is 248 g/mol. The zero-order chi connectivity index (χ0) is 14.4. The van der Waals surface area contributed by atoms with Crippen LogP contribution in [0, 0.1) is 17.8 Å². The van der Waals surface area contributed by atoms with Gasteiger partial charge in [-0.25, -0.2) is 0 Å². The van der Waals surface area contributed by atoms with Crippen molar-refractivity contribution >= 4 is 0 Å². The topological polar surface area (TPSA) is 38.5 Å². The Morgan fingerprint density at radius 2 is 2.20 bits per heavy atom. The average Bonchev–Trinajstić information content (AvgIpc) is 2.41. The van der Waals surface area contributed by atoms with Crippen LogP contribution in [0.5, 0.6) is 5.75 Å². The summed E-state index contributed by atoms with van der Waals surface area (Å²) in [5.74, 6) is 7.79. The summed E-state index contributed by atoms with van der Waals surface area (Å²) >= 11 is 0. The predicted molar refractivity (Wildman–Crippen MR) is 82.6 cm³/mol. The molecule has 0 atom stereocenters. The van der Waals surface area contributed by atoms with Gasteiger partial charge in [-0.3, -0.25) is 0 Å². The zero-order valence-electron chi connectivity index (χ0n) is 12.5.